The zero-order chi connectivity index (χ0) is 9.40. The number of amides is 3. The highest BCUT2D eigenvalue weighted by molar-refractivity contribution is 6.18. The first kappa shape index (κ1) is 11.2. The Morgan fingerprint density at radius 1 is 1.42 bits per heavy atom. The second-order valence-electron chi connectivity index (χ2n) is 2.02. The maximum atomic E-state index is 10.8. The van der Waals surface area contributed by atoms with Gasteiger partial charge in [0.25, 0.3) is 0 Å². The molecule has 0 aromatic heterocycles. The standard InChI is InChI=1S/C6H12ClN3O2/c1-8-4-5(11)10-6(12)9-3-2-7/h8H,2-4H2,1H3,(H2,9,10,11,12). The second-order valence-corrected chi connectivity index (χ2v) is 2.40. The molecular formula is C6H12ClN3O2. The van der Waals surface area contributed by atoms with Crippen LogP contribution in [0.5, 0.6) is 0 Å². The summed E-state index contributed by atoms with van der Waals surface area (Å²) in [6.45, 7) is 0.467. The third-order valence-corrected chi connectivity index (χ3v) is 1.16. The first-order valence-electron chi connectivity index (χ1n) is 3.49. The Morgan fingerprint density at radius 2 is 2.08 bits per heavy atom. The molecule has 0 aromatic carbocycles. The van der Waals surface area contributed by atoms with Gasteiger partial charge in [0.2, 0.25) is 5.91 Å². The molecule has 0 fully saturated rings. The van der Waals surface area contributed by atoms with E-state index in [-0.39, 0.29) is 12.5 Å². The van der Waals surface area contributed by atoms with Gasteiger partial charge in [-0.1, -0.05) is 0 Å². The predicted molar refractivity (Wildman–Crippen MR) is 46.2 cm³/mol. The van der Waals surface area contributed by atoms with E-state index in [2.05, 4.69) is 16.0 Å². The van der Waals surface area contributed by atoms with Gasteiger partial charge in [-0.2, -0.15) is 0 Å². The van der Waals surface area contributed by atoms with Gasteiger partial charge in [0, 0.05) is 12.4 Å². The Labute approximate surface area is 75.8 Å². The zero-order valence-corrected chi connectivity index (χ0v) is 7.57. The highest BCUT2D eigenvalue weighted by Gasteiger charge is 2.04. The SMILES string of the molecule is CNCC(=O)NC(=O)NCCCl. The summed E-state index contributed by atoms with van der Waals surface area (Å²) in [5.41, 5.74) is 0. The van der Waals surface area contributed by atoms with E-state index in [0.29, 0.717) is 12.4 Å². The smallest absolute Gasteiger partial charge is 0.321 e. The summed E-state index contributed by atoms with van der Waals surface area (Å²) in [6.07, 6.45) is 0. The lowest BCUT2D eigenvalue weighted by molar-refractivity contribution is -0.119. The van der Waals surface area contributed by atoms with Crippen LogP contribution in [0.1, 0.15) is 0 Å². The molecule has 0 aliphatic heterocycles. The molecule has 0 heterocycles. The number of urea groups is 1. The number of nitrogens with one attached hydrogen (secondary N) is 3. The lowest BCUT2D eigenvalue weighted by Crippen LogP contribution is -2.43. The first-order valence-corrected chi connectivity index (χ1v) is 4.02. The van der Waals surface area contributed by atoms with E-state index >= 15 is 0 Å². The molecule has 12 heavy (non-hydrogen) atoms. The maximum Gasteiger partial charge on any atom is 0.321 e. The van der Waals surface area contributed by atoms with Crippen molar-refractivity contribution in [3.63, 3.8) is 0 Å². The zero-order valence-electron chi connectivity index (χ0n) is 6.82. The fraction of sp³-hybridized carbons (Fsp3) is 0.667. The van der Waals surface area contributed by atoms with Crippen LogP contribution in [0.2, 0.25) is 0 Å². The monoisotopic (exact) mass is 193 g/mol. The molecule has 0 bridgehead atoms. The molecule has 5 nitrogen and oxygen atoms in total. The molecule has 6 heteroatoms. The van der Waals surface area contributed by atoms with Gasteiger partial charge in [0.15, 0.2) is 0 Å². The second kappa shape index (κ2) is 6.87. The van der Waals surface area contributed by atoms with Crippen molar-refractivity contribution in [2.45, 2.75) is 0 Å². The van der Waals surface area contributed by atoms with Gasteiger partial charge < -0.3 is 10.6 Å². The lowest BCUT2D eigenvalue weighted by atomic mass is 10.6. The minimum absolute atomic E-state index is 0.119. The van der Waals surface area contributed by atoms with E-state index in [0.717, 1.165) is 0 Å². The predicted octanol–water partition coefficient (Wildman–Crippen LogP) is -0.730. The molecule has 70 valence electrons. The van der Waals surface area contributed by atoms with Crippen LogP contribution in [0.3, 0.4) is 0 Å². The lowest BCUT2D eigenvalue weighted by Gasteiger charge is -2.03. The van der Waals surface area contributed by atoms with Crippen LogP contribution in [-0.4, -0.2) is 38.0 Å². The number of rotatable bonds is 4. The quantitative estimate of drug-likeness (QED) is 0.516. The van der Waals surface area contributed by atoms with Crippen LogP contribution in [0.25, 0.3) is 0 Å². The van der Waals surface area contributed by atoms with Crippen LogP contribution in [0.15, 0.2) is 0 Å². The molecule has 0 atom stereocenters. The van der Waals surface area contributed by atoms with Crippen LogP contribution in [-0.2, 0) is 4.79 Å². The molecule has 3 amide bonds. The van der Waals surface area contributed by atoms with Crippen LogP contribution < -0.4 is 16.0 Å². The van der Waals surface area contributed by atoms with Crippen molar-refractivity contribution in [3.8, 4) is 0 Å². The van der Waals surface area contributed by atoms with E-state index in [1.54, 1.807) is 7.05 Å². The van der Waals surface area contributed by atoms with Crippen molar-refractivity contribution >= 4 is 23.5 Å². The summed E-state index contributed by atoms with van der Waals surface area (Å²) in [7, 11) is 1.62. The summed E-state index contributed by atoms with van der Waals surface area (Å²) in [4.78, 5) is 21.5. The van der Waals surface area contributed by atoms with E-state index in [9.17, 15) is 9.59 Å². The van der Waals surface area contributed by atoms with Crippen molar-refractivity contribution in [1.82, 2.24) is 16.0 Å². The highest BCUT2D eigenvalue weighted by atomic mass is 35.5. The van der Waals surface area contributed by atoms with Crippen molar-refractivity contribution < 1.29 is 9.59 Å². The first-order chi connectivity index (χ1) is 5.70. The Balaban J connectivity index is 3.47. The van der Waals surface area contributed by atoms with Crippen molar-refractivity contribution in [2.24, 2.45) is 0 Å². The molecule has 0 saturated heterocycles. The number of carbonyl (C=O) groups excluding carboxylic acids is 2. The Morgan fingerprint density at radius 3 is 2.58 bits per heavy atom. The Hall–Kier alpha value is -0.810. The number of imide groups is 1. The molecule has 0 aliphatic carbocycles. The molecule has 0 aromatic rings. The molecule has 3 N–H and O–H groups in total. The summed E-state index contributed by atoms with van der Waals surface area (Å²) in [6, 6.07) is -0.518. The number of hydrogen-bond donors (Lipinski definition) is 3. The third-order valence-electron chi connectivity index (χ3n) is 0.970. The van der Waals surface area contributed by atoms with Crippen molar-refractivity contribution in [3.05, 3.63) is 0 Å². The number of likely N-dealkylation sites (N-methyl/N-ethyl adjacent to an activating group) is 1. The van der Waals surface area contributed by atoms with Crippen LogP contribution in [0, 0.1) is 0 Å². The van der Waals surface area contributed by atoms with Gasteiger partial charge in [0.1, 0.15) is 0 Å². The molecular weight excluding hydrogens is 182 g/mol. The van der Waals surface area contributed by atoms with Crippen molar-refractivity contribution in [2.75, 3.05) is 26.0 Å². The minimum atomic E-state index is -0.518. The number of halogens is 1. The van der Waals surface area contributed by atoms with E-state index in [1.807, 2.05) is 0 Å². The summed E-state index contributed by atoms with van der Waals surface area (Å²) in [5.74, 6) is -0.0437. The minimum Gasteiger partial charge on any atom is -0.337 e. The number of alkyl halides is 1. The number of carbonyl (C=O) groups is 2. The average Bonchev–Trinajstić information content (AvgIpc) is 2.01. The third kappa shape index (κ3) is 5.94. The Kier molecular flexibility index (Phi) is 6.41. The largest absolute Gasteiger partial charge is 0.337 e. The van der Waals surface area contributed by atoms with Gasteiger partial charge in [-0.3, -0.25) is 10.1 Å². The van der Waals surface area contributed by atoms with E-state index in [4.69, 9.17) is 11.6 Å². The Bertz CT molecular complexity index is 163. The molecule has 0 aliphatic rings. The maximum absolute atomic E-state index is 10.8. The van der Waals surface area contributed by atoms with Gasteiger partial charge >= 0.3 is 6.03 Å². The average molecular weight is 194 g/mol. The fourth-order valence-corrected chi connectivity index (χ4v) is 0.631. The molecule has 0 unspecified atom stereocenters. The van der Waals surface area contributed by atoms with Gasteiger partial charge in [-0.25, -0.2) is 4.79 Å². The highest BCUT2D eigenvalue weighted by Crippen LogP contribution is 1.71. The normalized spacial score (nSPS) is 9.17. The fourth-order valence-electron chi connectivity index (χ4n) is 0.536. The molecule has 0 radical (unpaired) electrons. The van der Waals surface area contributed by atoms with Gasteiger partial charge in [0.05, 0.1) is 6.54 Å². The van der Waals surface area contributed by atoms with Gasteiger partial charge in [-0.05, 0) is 7.05 Å². The summed E-state index contributed by atoms with van der Waals surface area (Å²) in [5, 5.41) is 7.11. The van der Waals surface area contributed by atoms with E-state index in [1.165, 1.54) is 0 Å². The molecule has 0 rings (SSSR count). The summed E-state index contributed by atoms with van der Waals surface area (Å²) >= 11 is 5.30. The molecule has 0 saturated carbocycles. The molecule has 0 spiro atoms. The topological polar surface area (TPSA) is 70.2 Å². The van der Waals surface area contributed by atoms with Crippen LogP contribution in [0.4, 0.5) is 4.79 Å². The van der Waals surface area contributed by atoms with Gasteiger partial charge in [-0.15, -0.1) is 11.6 Å². The van der Waals surface area contributed by atoms with Crippen molar-refractivity contribution in [1.29, 1.82) is 0 Å². The van der Waals surface area contributed by atoms with E-state index < -0.39 is 6.03 Å². The summed E-state index contributed by atoms with van der Waals surface area (Å²) < 4.78 is 0. The van der Waals surface area contributed by atoms with Crippen LogP contribution >= 0.6 is 11.6 Å². The number of hydrogen-bond acceptors (Lipinski definition) is 3.